The summed E-state index contributed by atoms with van der Waals surface area (Å²) in [4.78, 5) is 22.2. The van der Waals surface area contributed by atoms with Crippen molar-refractivity contribution < 1.29 is 46.1 Å². The summed E-state index contributed by atoms with van der Waals surface area (Å²) >= 11 is 0. The first kappa shape index (κ1) is 17.6. The third-order valence-electron chi connectivity index (χ3n) is 1.93. The minimum absolute atomic E-state index is 0.433. The average Bonchev–Trinajstić information content (AvgIpc) is 2.23. The van der Waals surface area contributed by atoms with Gasteiger partial charge in [0.05, 0.1) is 13.2 Å². The van der Waals surface area contributed by atoms with Gasteiger partial charge in [-0.15, -0.1) is 0 Å². The van der Waals surface area contributed by atoms with Crippen molar-refractivity contribution in [3.05, 3.63) is 0 Å². The molecule has 112 valence electrons. The van der Waals surface area contributed by atoms with Crippen molar-refractivity contribution in [2.45, 2.75) is 37.7 Å². The van der Waals surface area contributed by atoms with Crippen LogP contribution in [0.4, 0.5) is 22.0 Å². The molecule has 0 spiro atoms. The van der Waals surface area contributed by atoms with Crippen LogP contribution in [0.5, 0.6) is 0 Å². The Bertz CT molecular complexity index is 365. The Morgan fingerprint density at radius 2 is 1.47 bits per heavy atom. The highest BCUT2D eigenvalue weighted by Crippen LogP contribution is 2.44. The van der Waals surface area contributed by atoms with Crippen molar-refractivity contribution in [3.8, 4) is 0 Å². The summed E-state index contributed by atoms with van der Waals surface area (Å²) in [6.07, 6.45) is -7.49. The van der Waals surface area contributed by atoms with Gasteiger partial charge in [0.2, 0.25) is 0 Å². The molecule has 0 heterocycles. The molecule has 0 aromatic rings. The highest BCUT2D eigenvalue weighted by atomic mass is 19.4. The van der Waals surface area contributed by atoms with Crippen LogP contribution in [-0.2, 0) is 19.1 Å². The summed E-state index contributed by atoms with van der Waals surface area (Å²) in [5, 5.41) is 9.24. The van der Waals surface area contributed by atoms with E-state index in [1.165, 1.54) is 0 Å². The third kappa shape index (κ3) is 2.94. The molecule has 0 aliphatic rings. The Kier molecular flexibility index (Phi) is 4.87. The number of esters is 2. The molecule has 0 saturated heterocycles. The SMILES string of the molecule is COC(=O)C(O)(C(=O)OC(C)C)C(F)(F)C(F)(F)F. The average molecular weight is 294 g/mol. The molecule has 1 unspecified atom stereocenters. The monoisotopic (exact) mass is 294 g/mol. The fourth-order valence-electron chi connectivity index (χ4n) is 0.992. The summed E-state index contributed by atoms with van der Waals surface area (Å²) < 4.78 is 70.6. The van der Waals surface area contributed by atoms with Crippen LogP contribution in [0, 0.1) is 0 Å². The van der Waals surface area contributed by atoms with Gasteiger partial charge in [-0.25, -0.2) is 9.59 Å². The lowest BCUT2D eigenvalue weighted by Crippen LogP contribution is -2.67. The topological polar surface area (TPSA) is 72.8 Å². The molecular formula is C9H11F5O5. The van der Waals surface area contributed by atoms with Crippen LogP contribution in [0.1, 0.15) is 13.8 Å². The molecule has 0 fully saturated rings. The number of halogens is 5. The maximum atomic E-state index is 13.1. The van der Waals surface area contributed by atoms with Crippen molar-refractivity contribution in [1.82, 2.24) is 0 Å². The fourth-order valence-corrected chi connectivity index (χ4v) is 0.992. The first-order chi connectivity index (χ1) is 8.32. The largest absolute Gasteiger partial charge is 0.466 e. The number of rotatable bonds is 4. The Morgan fingerprint density at radius 1 is 1.05 bits per heavy atom. The molecule has 5 nitrogen and oxygen atoms in total. The molecule has 0 aromatic carbocycles. The normalized spacial score (nSPS) is 15.9. The first-order valence-electron chi connectivity index (χ1n) is 4.78. The zero-order valence-corrected chi connectivity index (χ0v) is 10.0. The Morgan fingerprint density at radius 3 is 1.74 bits per heavy atom. The van der Waals surface area contributed by atoms with Crippen LogP contribution in [-0.4, -0.2) is 48.0 Å². The van der Waals surface area contributed by atoms with Gasteiger partial charge in [0.1, 0.15) is 0 Å². The minimum atomic E-state index is -6.36. The number of aliphatic hydroxyl groups is 1. The molecule has 1 atom stereocenters. The summed E-state index contributed by atoms with van der Waals surface area (Å²) in [7, 11) is 0.433. The van der Waals surface area contributed by atoms with E-state index in [4.69, 9.17) is 0 Å². The van der Waals surface area contributed by atoms with E-state index in [1.807, 2.05) is 0 Å². The van der Waals surface area contributed by atoms with Crippen LogP contribution < -0.4 is 0 Å². The molecule has 0 aromatic heterocycles. The van der Waals surface area contributed by atoms with Gasteiger partial charge in [-0.2, -0.15) is 22.0 Å². The summed E-state index contributed by atoms with van der Waals surface area (Å²) in [5.74, 6) is -11.0. The third-order valence-corrected chi connectivity index (χ3v) is 1.93. The lowest BCUT2D eigenvalue weighted by atomic mass is 9.95. The molecule has 0 aliphatic carbocycles. The fraction of sp³-hybridized carbons (Fsp3) is 0.778. The van der Waals surface area contributed by atoms with Crippen molar-refractivity contribution in [1.29, 1.82) is 0 Å². The second-order valence-corrected chi connectivity index (χ2v) is 3.73. The minimum Gasteiger partial charge on any atom is -0.466 e. The molecule has 1 N–H and O–H groups in total. The summed E-state index contributed by atoms with van der Waals surface area (Å²) in [5.41, 5.74) is -4.80. The van der Waals surface area contributed by atoms with Gasteiger partial charge in [0, 0.05) is 0 Å². The highest BCUT2D eigenvalue weighted by Gasteiger charge is 2.78. The Balaban J connectivity index is 5.81. The predicted octanol–water partition coefficient (Wildman–Crippen LogP) is 1.04. The molecule has 0 bridgehead atoms. The second-order valence-electron chi connectivity index (χ2n) is 3.73. The van der Waals surface area contributed by atoms with Gasteiger partial charge in [-0.1, -0.05) is 0 Å². The maximum absolute atomic E-state index is 13.1. The second kappa shape index (κ2) is 5.27. The van der Waals surface area contributed by atoms with Gasteiger partial charge in [-0.05, 0) is 13.8 Å². The molecule has 0 radical (unpaired) electrons. The van der Waals surface area contributed by atoms with Crippen molar-refractivity contribution in [2.24, 2.45) is 0 Å². The number of hydrogen-bond donors (Lipinski definition) is 1. The van der Waals surface area contributed by atoms with E-state index in [1.54, 1.807) is 0 Å². The Labute approximate surface area is 104 Å². The zero-order valence-electron chi connectivity index (χ0n) is 10.0. The number of ether oxygens (including phenoxy) is 2. The van der Waals surface area contributed by atoms with Crippen molar-refractivity contribution in [3.63, 3.8) is 0 Å². The molecule has 0 rings (SSSR count). The van der Waals surface area contributed by atoms with Crippen LogP contribution in [0.15, 0.2) is 0 Å². The van der Waals surface area contributed by atoms with Gasteiger partial charge in [0.15, 0.2) is 0 Å². The van der Waals surface area contributed by atoms with Gasteiger partial charge in [0.25, 0.3) is 0 Å². The summed E-state index contributed by atoms with van der Waals surface area (Å²) in [6.45, 7) is 2.25. The molecule has 10 heteroatoms. The van der Waals surface area contributed by atoms with Gasteiger partial charge < -0.3 is 14.6 Å². The highest BCUT2D eigenvalue weighted by molar-refractivity contribution is 6.04. The molecule has 0 saturated carbocycles. The van der Waals surface area contributed by atoms with E-state index in [0.29, 0.717) is 7.11 Å². The zero-order chi connectivity index (χ0) is 15.6. The van der Waals surface area contributed by atoms with E-state index >= 15 is 0 Å². The maximum Gasteiger partial charge on any atom is 0.457 e. The lowest BCUT2D eigenvalue weighted by molar-refractivity contribution is -0.333. The van der Waals surface area contributed by atoms with Crippen LogP contribution in [0.25, 0.3) is 0 Å². The molecule has 0 amide bonds. The van der Waals surface area contributed by atoms with Crippen LogP contribution in [0.2, 0.25) is 0 Å². The van der Waals surface area contributed by atoms with E-state index < -0.39 is 35.7 Å². The van der Waals surface area contributed by atoms with Crippen molar-refractivity contribution >= 4 is 11.9 Å². The van der Waals surface area contributed by atoms with Crippen LogP contribution in [0.3, 0.4) is 0 Å². The van der Waals surface area contributed by atoms with Gasteiger partial charge in [-0.3, -0.25) is 0 Å². The first-order valence-corrected chi connectivity index (χ1v) is 4.78. The van der Waals surface area contributed by atoms with E-state index in [9.17, 15) is 36.6 Å². The van der Waals surface area contributed by atoms with Gasteiger partial charge >= 0.3 is 29.6 Å². The number of hydrogen-bond acceptors (Lipinski definition) is 5. The number of methoxy groups -OCH3 is 1. The van der Waals surface area contributed by atoms with Crippen molar-refractivity contribution in [2.75, 3.05) is 7.11 Å². The predicted molar refractivity (Wildman–Crippen MR) is 49.2 cm³/mol. The number of alkyl halides is 5. The Hall–Kier alpha value is -1.45. The number of carbonyl (C=O) groups is 2. The quantitative estimate of drug-likeness (QED) is 0.476. The molecule has 0 aliphatic heterocycles. The molecular weight excluding hydrogens is 283 g/mol. The molecule has 19 heavy (non-hydrogen) atoms. The lowest BCUT2D eigenvalue weighted by Gasteiger charge is -2.32. The smallest absolute Gasteiger partial charge is 0.457 e. The van der Waals surface area contributed by atoms with E-state index in [2.05, 4.69) is 9.47 Å². The van der Waals surface area contributed by atoms with E-state index in [-0.39, 0.29) is 0 Å². The number of carbonyl (C=O) groups excluding carboxylic acids is 2. The van der Waals surface area contributed by atoms with Crippen LogP contribution >= 0.6 is 0 Å². The standard InChI is InChI=1S/C9H11F5O5/c1-4(2)19-6(16)7(17,5(15)18-3)8(10,11)9(12,13)14/h4,17H,1-3H3. The summed E-state index contributed by atoms with van der Waals surface area (Å²) in [6, 6.07) is 0. The van der Waals surface area contributed by atoms with E-state index in [0.717, 1.165) is 13.8 Å².